The zero-order valence-corrected chi connectivity index (χ0v) is 10.6. The molecule has 0 spiro atoms. The number of aliphatic hydroxyl groups excluding tert-OH is 1. The highest BCUT2D eigenvalue weighted by Gasteiger charge is 2.28. The molecule has 1 aromatic carbocycles. The van der Waals surface area contributed by atoms with E-state index in [2.05, 4.69) is 11.0 Å². The lowest BCUT2D eigenvalue weighted by Gasteiger charge is -2.35. The van der Waals surface area contributed by atoms with Gasteiger partial charge in [0, 0.05) is 20.1 Å². The van der Waals surface area contributed by atoms with Gasteiger partial charge in [-0.2, -0.15) is 5.26 Å². The lowest BCUT2D eigenvalue weighted by molar-refractivity contribution is 0.0465. The molecule has 1 saturated carbocycles. The lowest BCUT2D eigenvalue weighted by Crippen LogP contribution is -2.37. The molecule has 0 aliphatic heterocycles. The van der Waals surface area contributed by atoms with Crippen LogP contribution in [-0.2, 0) is 6.54 Å². The second-order valence-corrected chi connectivity index (χ2v) is 5.04. The molecule has 18 heavy (non-hydrogen) atoms. The Morgan fingerprint density at radius 2 is 2.22 bits per heavy atom. The SMILES string of the molecule is CN(CC1CC(O)C1)c1ccc(CN)cc1C#N. The molecule has 96 valence electrons. The molecule has 0 bridgehead atoms. The van der Waals surface area contributed by atoms with Gasteiger partial charge in [0.25, 0.3) is 0 Å². The molecule has 2 rings (SSSR count). The third-order valence-electron chi connectivity index (χ3n) is 3.57. The van der Waals surface area contributed by atoms with Gasteiger partial charge in [0.2, 0.25) is 0 Å². The maximum absolute atomic E-state index is 9.29. The number of rotatable bonds is 4. The molecule has 0 heterocycles. The molecule has 4 heteroatoms. The molecule has 1 aliphatic rings. The Kier molecular flexibility index (Phi) is 3.85. The molecular formula is C14H19N3O. The van der Waals surface area contributed by atoms with Gasteiger partial charge in [0.15, 0.2) is 0 Å². The molecule has 0 saturated heterocycles. The maximum Gasteiger partial charge on any atom is 0.101 e. The molecule has 0 aromatic heterocycles. The Morgan fingerprint density at radius 1 is 1.50 bits per heavy atom. The van der Waals surface area contributed by atoms with Gasteiger partial charge in [0.05, 0.1) is 17.4 Å². The van der Waals surface area contributed by atoms with Gasteiger partial charge >= 0.3 is 0 Å². The van der Waals surface area contributed by atoms with E-state index >= 15 is 0 Å². The van der Waals surface area contributed by atoms with E-state index in [9.17, 15) is 10.4 Å². The standard InChI is InChI=1S/C14H19N3O/c1-17(9-11-5-13(18)6-11)14-3-2-10(7-15)4-12(14)8-16/h2-4,11,13,18H,5-7,9,15H2,1H3. The number of nitrogens with zero attached hydrogens (tertiary/aromatic N) is 2. The summed E-state index contributed by atoms with van der Waals surface area (Å²) < 4.78 is 0. The van der Waals surface area contributed by atoms with Crippen molar-refractivity contribution in [3.05, 3.63) is 29.3 Å². The van der Waals surface area contributed by atoms with Crippen molar-refractivity contribution in [2.75, 3.05) is 18.5 Å². The predicted molar refractivity (Wildman–Crippen MR) is 71.0 cm³/mol. The van der Waals surface area contributed by atoms with Crippen LogP contribution in [0.25, 0.3) is 0 Å². The van der Waals surface area contributed by atoms with Crippen LogP contribution in [-0.4, -0.2) is 24.8 Å². The summed E-state index contributed by atoms with van der Waals surface area (Å²) >= 11 is 0. The zero-order chi connectivity index (χ0) is 13.1. The third-order valence-corrected chi connectivity index (χ3v) is 3.57. The van der Waals surface area contributed by atoms with Gasteiger partial charge in [0.1, 0.15) is 6.07 Å². The second kappa shape index (κ2) is 5.38. The Morgan fingerprint density at radius 3 is 2.78 bits per heavy atom. The number of nitriles is 1. The van der Waals surface area contributed by atoms with Crippen LogP contribution in [0.1, 0.15) is 24.0 Å². The number of hydrogen-bond donors (Lipinski definition) is 2. The summed E-state index contributed by atoms with van der Waals surface area (Å²) in [5.41, 5.74) is 8.16. The summed E-state index contributed by atoms with van der Waals surface area (Å²) in [5.74, 6) is 0.533. The third kappa shape index (κ3) is 2.63. The van der Waals surface area contributed by atoms with E-state index in [1.165, 1.54) is 0 Å². The predicted octanol–water partition coefficient (Wildman–Crippen LogP) is 1.22. The van der Waals surface area contributed by atoms with Crippen LogP contribution in [0.4, 0.5) is 5.69 Å². The molecule has 3 N–H and O–H groups in total. The van der Waals surface area contributed by atoms with Crippen molar-refractivity contribution < 1.29 is 5.11 Å². The lowest BCUT2D eigenvalue weighted by atomic mass is 9.82. The average molecular weight is 245 g/mol. The van der Waals surface area contributed by atoms with Crippen molar-refractivity contribution in [1.29, 1.82) is 5.26 Å². The molecular weight excluding hydrogens is 226 g/mol. The Labute approximate surface area is 108 Å². The molecule has 4 nitrogen and oxygen atoms in total. The minimum Gasteiger partial charge on any atom is -0.393 e. The van der Waals surface area contributed by atoms with E-state index in [1.54, 1.807) is 0 Å². The van der Waals surface area contributed by atoms with Crippen molar-refractivity contribution in [3.8, 4) is 6.07 Å². The van der Waals surface area contributed by atoms with Gasteiger partial charge in [-0.05, 0) is 36.5 Å². The van der Waals surface area contributed by atoms with Gasteiger partial charge in [-0.25, -0.2) is 0 Å². The van der Waals surface area contributed by atoms with Crippen LogP contribution in [0.2, 0.25) is 0 Å². The fraction of sp³-hybridized carbons (Fsp3) is 0.500. The molecule has 0 atom stereocenters. The van der Waals surface area contributed by atoms with Crippen molar-refractivity contribution >= 4 is 5.69 Å². The second-order valence-electron chi connectivity index (χ2n) is 5.04. The molecule has 1 fully saturated rings. The van der Waals surface area contributed by atoms with Crippen LogP contribution in [0, 0.1) is 17.2 Å². The van der Waals surface area contributed by atoms with Gasteiger partial charge in [-0.15, -0.1) is 0 Å². The largest absolute Gasteiger partial charge is 0.393 e. The van der Waals surface area contributed by atoms with E-state index in [1.807, 2.05) is 25.2 Å². The van der Waals surface area contributed by atoms with Gasteiger partial charge in [-0.3, -0.25) is 0 Å². The van der Waals surface area contributed by atoms with Crippen molar-refractivity contribution in [3.63, 3.8) is 0 Å². The monoisotopic (exact) mass is 245 g/mol. The first-order valence-electron chi connectivity index (χ1n) is 6.26. The minimum absolute atomic E-state index is 0.126. The number of nitrogens with two attached hydrogens (primary N) is 1. The van der Waals surface area contributed by atoms with Crippen molar-refractivity contribution in [2.45, 2.75) is 25.5 Å². The number of hydrogen-bond acceptors (Lipinski definition) is 4. The number of aliphatic hydroxyl groups is 1. The maximum atomic E-state index is 9.29. The Balaban J connectivity index is 2.09. The van der Waals surface area contributed by atoms with Gasteiger partial charge < -0.3 is 15.7 Å². The summed E-state index contributed by atoms with van der Waals surface area (Å²) in [6.45, 7) is 1.33. The van der Waals surface area contributed by atoms with Crippen molar-refractivity contribution in [2.24, 2.45) is 11.7 Å². The fourth-order valence-corrected chi connectivity index (χ4v) is 2.47. The quantitative estimate of drug-likeness (QED) is 0.836. The topological polar surface area (TPSA) is 73.3 Å². The van der Waals surface area contributed by atoms with Crippen LogP contribution in [0.3, 0.4) is 0 Å². The highest BCUT2D eigenvalue weighted by molar-refractivity contribution is 5.60. The first kappa shape index (κ1) is 12.9. The Bertz CT molecular complexity index is 461. The number of anilines is 1. The van der Waals surface area contributed by atoms with E-state index < -0.39 is 0 Å². The molecule has 0 unspecified atom stereocenters. The molecule has 0 radical (unpaired) electrons. The summed E-state index contributed by atoms with van der Waals surface area (Å²) in [4.78, 5) is 2.09. The summed E-state index contributed by atoms with van der Waals surface area (Å²) in [6, 6.07) is 7.99. The highest BCUT2D eigenvalue weighted by atomic mass is 16.3. The van der Waals surface area contributed by atoms with Crippen molar-refractivity contribution in [1.82, 2.24) is 0 Å². The van der Waals surface area contributed by atoms with Crippen LogP contribution in [0.15, 0.2) is 18.2 Å². The van der Waals surface area contributed by atoms with E-state index in [0.29, 0.717) is 18.0 Å². The van der Waals surface area contributed by atoms with E-state index in [0.717, 1.165) is 30.6 Å². The average Bonchev–Trinajstić information content (AvgIpc) is 2.36. The van der Waals surface area contributed by atoms with Crippen LogP contribution >= 0.6 is 0 Å². The smallest absolute Gasteiger partial charge is 0.101 e. The van der Waals surface area contributed by atoms with E-state index in [4.69, 9.17) is 5.73 Å². The highest BCUT2D eigenvalue weighted by Crippen LogP contribution is 2.30. The minimum atomic E-state index is -0.126. The molecule has 1 aliphatic carbocycles. The summed E-state index contributed by atoms with van der Waals surface area (Å²) in [7, 11) is 1.99. The zero-order valence-electron chi connectivity index (χ0n) is 10.6. The van der Waals surface area contributed by atoms with E-state index in [-0.39, 0.29) is 6.10 Å². The summed E-state index contributed by atoms with van der Waals surface area (Å²) in [5, 5.41) is 18.5. The Hall–Kier alpha value is -1.57. The molecule has 1 aromatic rings. The summed E-state index contributed by atoms with van der Waals surface area (Å²) in [6.07, 6.45) is 1.61. The molecule has 0 amide bonds. The first-order chi connectivity index (χ1) is 8.63. The normalized spacial score (nSPS) is 22.1. The van der Waals surface area contributed by atoms with Crippen LogP contribution in [0.5, 0.6) is 0 Å². The van der Waals surface area contributed by atoms with Gasteiger partial charge in [-0.1, -0.05) is 6.07 Å². The van der Waals surface area contributed by atoms with Crippen LogP contribution < -0.4 is 10.6 Å². The number of benzene rings is 1. The fourth-order valence-electron chi connectivity index (χ4n) is 2.47. The first-order valence-corrected chi connectivity index (χ1v) is 6.26.